The summed E-state index contributed by atoms with van der Waals surface area (Å²) in [7, 11) is 0. The zero-order valence-electron chi connectivity index (χ0n) is 13.1. The van der Waals surface area contributed by atoms with Crippen molar-refractivity contribution >= 4 is 51.1 Å². The molecule has 1 aliphatic heterocycles. The van der Waals surface area contributed by atoms with Gasteiger partial charge in [-0.2, -0.15) is 0 Å². The van der Waals surface area contributed by atoms with Crippen LogP contribution in [-0.4, -0.2) is 6.04 Å². The van der Waals surface area contributed by atoms with E-state index in [-0.39, 0.29) is 12.4 Å². The minimum Gasteiger partial charge on any atom is -0.361 e. The van der Waals surface area contributed by atoms with Gasteiger partial charge in [-0.15, -0.1) is 23.7 Å². The molecular formula is C19H19Cl2NS. The van der Waals surface area contributed by atoms with Crippen LogP contribution in [0, 0.1) is 0 Å². The summed E-state index contributed by atoms with van der Waals surface area (Å²) in [6.07, 6.45) is 1.08. The van der Waals surface area contributed by atoms with Crippen LogP contribution in [0.25, 0.3) is 10.1 Å². The molecule has 0 bridgehead atoms. The topological polar surface area (TPSA) is 3.24 Å². The summed E-state index contributed by atoms with van der Waals surface area (Å²) in [6, 6.07) is 17.9. The van der Waals surface area contributed by atoms with Crippen molar-refractivity contribution in [3.63, 3.8) is 0 Å². The van der Waals surface area contributed by atoms with Crippen molar-refractivity contribution in [2.75, 3.05) is 4.90 Å². The molecule has 1 nitrogen and oxygen atoms in total. The van der Waals surface area contributed by atoms with E-state index in [2.05, 4.69) is 61.2 Å². The van der Waals surface area contributed by atoms with Crippen LogP contribution >= 0.6 is 35.3 Å². The molecule has 120 valence electrons. The lowest BCUT2D eigenvalue weighted by atomic mass is 9.93. The van der Waals surface area contributed by atoms with E-state index in [9.17, 15) is 0 Å². The van der Waals surface area contributed by atoms with Crippen LogP contribution < -0.4 is 4.90 Å². The number of rotatable bonds is 1. The Morgan fingerprint density at radius 3 is 2.57 bits per heavy atom. The maximum atomic E-state index is 6.21. The first kappa shape index (κ1) is 16.6. The lowest BCUT2D eigenvalue weighted by molar-refractivity contribution is 0.536. The van der Waals surface area contributed by atoms with E-state index in [1.165, 1.54) is 26.2 Å². The monoisotopic (exact) mass is 363 g/mol. The van der Waals surface area contributed by atoms with Gasteiger partial charge in [-0.25, -0.2) is 0 Å². The molecule has 4 heteroatoms. The van der Waals surface area contributed by atoms with Gasteiger partial charge in [0, 0.05) is 26.3 Å². The smallest absolute Gasteiger partial charge is 0.0613 e. The molecule has 0 radical (unpaired) electrons. The maximum Gasteiger partial charge on any atom is 0.0613 e. The van der Waals surface area contributed by atoms with E-state index in [0.29, 0.717) is 12.1 Å². The molecule has 0 saturated carbocycles. The van der Waals surface area contributed by atoms with Gasteiger partial charge in [-0.05, 0) is 61.5 Å². The number of thiophene rings is 1. The van der Waals surface area contributed by atoms with Gasteiger partial charge >= 0.3 is 0 Å². The number of para-hydroxylation sites is 1. The van der Waals surface area contributed by atoms with Gasteiger partial charge in [0.05, 0.1) is 6.04 Å². The van der Waals surface area contributed by atoms with E-state index in [4.69, 9.17) is 11.6 Å². The second kappa shape index (κ2) is 6.35. The normalized spacial score (nSPS) is 20.2. The fraction of sp³-hybridized carbons (Fsp3) is 0.263. The van der Waals surface area contributed by atoms with Crippen molar-refractivity contribution in [2.45, 2.75) is 32.4 Å². The van der Waals surface area contributed by atoms with Gasteiger partial charge in [-0.1, -0.05) is 29.8 Å². The van der Waals surface area contributed by atoms with E-state index >= 15 is 0 Å². The Morgan fingerprint density at radius 1 is 1.09 bits per heavy atom. The number of hydrogen-bond donors (Lipinski definition) is 0. The molecule has 2 heterocycles. The molecule has 1 aromatic heterocycles. The van der Waals surface area contributed by atoms with Crippen LogP contribution in [0.4, 0.5) is 5.69 Å². The summed E-state index contributed by atoms with van der Waals surface area (Å²) >= 11 is 8.13. The van der Waals surface area contributed by atoms with E-state index in [0.717, 1.165) is 11.4 Å². The highest BCUT2D eigenvalue weighted by atomic mass is 35.5. The second-order valence-electron chi connectivity index (χ2n) is 6.06. The highest BCUT2D eigenvalue weighted by Crippen LogP contribution is 2.44. The van der Waals surface area contributed by atoms with Crippen molar-refractivity contribution in [2.24, 2.45) is 0 Å². The van der Waals surface area contributed by atoms with Crippen molar-refractivity contribution in [3.05, 3.63) is 64.0 Å². The zero-order valence-corrected chi connectivity index (χ0v) is 15.5. The first-order valence-electron chi connectivity index (χ1n) is 7.69. The lowest BCUT2D eigenvalue weighted by Crippen LogP contribution is -2.40. The van der Waals surface area contributed by atoms with Crippen molar-refractivity contribution in [1.29, 1.82) is 0 Å². The average molecular weight is 364 g/mol. The van der Waals surface area contributed by atoms with Gasteiger partial charge in [0.25, 0.3) is 0 Å². The van der Waals surface area contributed by atoms with E-state index in [1.54, 1.807) is 0 Å². The fourth-order valence-electron chi connectivity index (χ4n) is 3.67. The third kappa shape index (κ3) is 2.73. The minimum atomic E-state index is 0. The molecule has 0 aliphatic carbocycles. The summed E-state index contributed by atoms with van der Waals surface area (Å²) in [5.74, 6) is 0. The number of nitrogens with zero attached hydrogens (tertiary/aromatic N) is 1. The highest BCUT2D eigenvalue weighted by Gasteiger charge is 2.32. The summed E-state index contributed by atoms with van der Waals surface area (Å²) in [4.78, 5) is 4.03. The summed E-state index contributed by atoms with van der Waals surface area (Å²) < 4.78 is 1.35. The molecule has 4 rings (SSSR count). The number of benzene rings is 2. The lowest BCUT2D eigenvalue weighted by Gasteiger charge is -2.40. The van der Waals surface area contributed by atoms with Crippen LogP contribution in [0.5, 0.6) is 0 Å². The van der Waals surface area contributed by atoms with Gasteiger partial charge in [-0.3, -0.25) is 0 Å². The van der Waals surface area contributed by atoms with E-state index < -0.39 is 0 Å². The highest BCUT2D eigenvalue weighted by molar-refractivity contribution is 7.19. The number of anilines is 1. The quantitative estimate of drug-likeness (QED) is 0.477. The number of fused-ring (bicyclic) bond motifs is 3. The first-order valence-corrected chi connectivity index (χ1v) is 8.89. The van der Waals surface area contributed by atoms with Crippen LogP contribution in [0.3, 0.4) is 0 Å². The molecule has 0 saturated heterocycles. The molecule has 1 aliphatic rings. The number of halogens is 2. The van der Waals surface area contributed by atoms with Crippen LogP contribution in [0.1, 0.15) is 30.3 Å². The Labute approximate surface area is 152 Å². The van der Waals surface area contributed by atoms with Crippen molar-refractivity contribution in [3.8, 4) is 0 Å². The zero-order chi connectivity index (χ0) is 15.3. The Bertz CT molecular complexity index is 828. The molecule has 0 N–H and O–H groups in total. The minimum absolute atomic E-state index is 0. The molecule has 2 atom stereocenters. The number of hydrogen-bond acceptors (Lipinski definition) is 2. The summed E-state index contributed by atoms with van der Waals surface area (Å²) in [6.45, 7) is 4.64. The van der Waals surface area contributed by atoms with Gasteiger partial charge in [0.1, 0.15) is 0 Å². The Balaban J connectivity index is 0.00000156. The second-order valence-corrected chi connectivity index (χ2v) is 7.58. The Hall–Kier alpha value is -1.22. The maximum absolute atomic E-state index is 6.21. The molecule has 0 fully saturated rings. The van der Waals surface area contributed by atoms with Gasteiger partial charge in [0.2, 0.25) is 0 Å². The molecule has 2 aromatic carbocycles. The Morgan fingerprint density at radius 2 is 1.83 bits per heavy atom. The molecule has 23 heavy (non-hydrogen) atoms. The van der Waals surface area contributed by atoms with Crippen LogP contribution in [0.15, 0.2) is 48.5 Å². The molecule has 0 spiro atoms. The van der Waals surface area contributed by atoms with Gasteiger partial charge in [0.15, 0.2) is 0 Å². The average Bonchev–Trinajstić information content (AvgIpc) is 2.87. The first-order chi connectivity index (χ1) is 10.6. The fourth-order valence-corrected chi connectivity index (χ4v) is 5.11. The molecule has 0 amide bonds. The van der Waals surface area contributed by atoms with Crippen LogP contribution in [0.2, 0.25) is 5.02 Å². The summed E-state index contributed by atoms with van der Waals surface area (Å²) in [5.41, 5.74) is 2.80. The molecule has 2 unspecified atom stereocenters. The standard InChI is InChI=1S/C19H18ClNS.ClH/c1-12-10-17-16-11-14(20)8-9-18(16)22-19(17)13(2)21(12)15-6-4-3-5-7-15;/h3-9,11-13H,10H2,1-2H3;1H. The largest absolute Gasteiger partial charge is 0.361 e. The SMILES string of the molecule is CC1Cc2c(sc3ccc(Cl)cc23)C(C)N1c1ccccc1.Cl. The van der Waals surface area contributed by atoms with Gasteiger partial charge < -0.3 is 4.90 Å². The predicted molar refractivity (Wildman–Crippen MR) is 105 cm³/mol. The summed E-state index contributed by atoms with van der Waals surface area (Å²) in [5, 5.41) is 2.18. The molecular weight excluding hydrogens is 345 g/mol. The molecule has 3 aromatic rings. The third-order valence-electron chi connectivity index (χ3n) is 4.61. The predicted octanol–water partition coefficient (Wildman–Crippen LogP) is 6.49. The van der Waals surface area contributed by atoms with Crippen LogP contribution in [-0.2, 0) is 6.42 Å². The van der Waals surface area contributed by atoms with Crippen molar-refractivity contribution < 1.29 is 0 Å². The Kier molecular flexibility index (Phi) is 4.59. The third-order valence-corrected chi connectivity index (χ3v) is 6.23. The van der Waals surface area contributed by atoms with Crippen molar-refractivity contribution in [1.82, 2.24) is 0 Å². The van der Waals surface area contributed by atoms with E-state index in [1.807, 2.05) is 17.4 Å².